The lowest BCUT2D eigenvalue weighted by atomic mass is 10.0. The highest BCUT2D eigenvalue weighted by atomic mass is 79.9. The summed E-state index contributed by atoms with van der Waals surface area (Å²) in [5.41, 5.74) is -0.368. The maximum absolute atomic E-state index is 11.5. The van der Waals surface area contributed by atoms with E-state index in [0.717, 1.165) is 11.8 Å². The van der Waals surface area contributed by atoms with Gasteiger partial charge in [-0.2, -0.15) is 0 Å². The molecule has 0 aromatic carbocycles. The summed E-state index contributed by atoms with van der Waals surface area (Å²) < 4.78 is 25.7. The Morgan fingerprint density at radius 3 is 2.15 bits per heavy atom. The van der Waals surface area contributed by atoms with Crippen molar-refractivity contribution in [1.29, 1.82) is 0 Å². The van der Waals surface area contributed by atoms with Gasteiger partial charge in [0.25, 0.3) is 0 Å². The Balaban J connectivity index is 4.43. The molecule has 0 heterocycles. The van der Waals surface area contributed by atoms with Gasteiger partial charge in [0.15, 0.2) is 0 Å². The molecule has 3 nitrogen and oxygen atoms in total. The molecule has 0 bridgehead atoms. The monoisotopic (exact) mass is 271 g/mol. The average Bonchev–Trinajstić information content (AvgIpc) is 1.83. The topological polar surface area (TPSA) is 46.2 Å². The van der Waals surface area contributed by atoms with E-state index >= 15 is 0 Å². The molecular formula is C8H18BrNO2S. The fourth-order valence-corrected chi connectivity index (χ4v) is 2.89. The molecule has 0 aromatic heterocycles. The number of hydrogen-bond acceptors (Lipinski definition) is 2. The van der Waals surface area contributed by atoms with E-state index in [1.807, 2.05) is 13.8 Å². The van der Waals surface area contributed by atoms with Crippen LogP contribution in [0, 0.1) is 0 Å². The van der Waals surface area contributed by atoms with E-state index in [1.165, 1.54) is 0 Å². The van der Waals surface area contributed by atoms with Crippen LogP contribution in [0.15, 0.2) is 0 Å². The first kappa shape index (κ1) is 13.4. The number of rotatable bonds is 5. The Hall–Kier alpha value is 0.390. The second kappa shape index (κ2) is 4.75. The van der Waals surface area contributed by atoms with Crippen molar-refractivity contribution < 1.29 is 8.42 Å². The van der Waals surface area contributed by atoms with Gasteiger partial charge in [0.05, 0.1) is 5.25 Å². The minimum atomic E-state index is -3.15. The first-order valence-electron chi connectivity index (χ1n) is 4.30. The second-order valence-electron chi connectivity index (χ2n) is 4.02. The summed E-state index contributed by atoms with van der Waals surface area (Å²) in [6, 6.07) is 0. The highest BCUT2D eigenvalue weighted by Gasteiger charge is 2.26. The Morgan fingerprint density at radius 2 is 1.85 bits per heavy atom. The van der Waals surface area contributed by atoms with Gasteiger partial charge in [-0.1, -0.05) is 15.9 Å². The maximum Gasteiger partial charge on any atom is 0.214 e. The molecule has 0 atom stereocenters. The standard InChI is InChI=1S/C8H18BrNO2S/c1-7(2)13(11,12)10-8(3,4)5-6-9/h7,10H,5-6H2,1-4H3. The molecule has 0 aliphatic heterocycles. The quantitative estimate of drug-likeness (QED) is 0.777. The number of halogens is 1. The van der Waals surface area contributed by atoms with Crippen LogP contribution < -0.4 is 4.72 Å². The molecule has 0 saturated heterocycles. The van der Waals surface area contributed by atoms with E-state index in [0.29, 0.717) is 0 Å². The molecule has 0 amide bonds. The predicted octanol–water partition coefficient (Wildman–Crippen LogP) is 1.88. The summed E-state index contributed by atoms with van der Waals surface area (Å²) in [6.45, 7) is 7.11. The highest BCUT2D eigenvalue weighted by Crippen LogP contribution is 2.13. The Bertz CT molecular complexity index is 247. The molecule has 5 heteroatoms. The summed E-state index contributed by atoms with van der Waals surface area (Å²) in [7, 11) is -3.15. The number of hydrogen-bond donors (Lipinski definition) is 1. The van der Waals surface area contributed by atoms with Crippen molar-refractivity contribution in [3.05, 3.63) is 0 Å². The molecule has 0 fully saturated rings. The van der Waals surface area contributed by atoms with Crippen LogP contribution in [0.25, 0.3) is 0 Å². The minimum Gasteiger partial charge on any atom is -0.212 e. The average molecular weight is 272 g/mol. The number of nitrogens with one attached hydrogen (secondary N) is 1. The fraction of sp³-hybridized carbons (Fsp3) is 1.00. The molecule has 0 rings (SSSR count). The van der Waals surface area contributed by atoms with Crippen LogP contribution in [0.3, 0.4) is 0 Å². The third-order valence-corrected chi connectivity index (χ3v) is 4.23. The van der Waals surface area contributed by atoms with Crippen molar-refractivity contribution in [1.82, 2.24) is 4.72 Å². The first-order chi connectivity index (χ1) is 5.71. The Morgan fingerprint density at radius 1 is 1.38 bits per heavy atom. The van der Waals surface area contributed by atoms with E-state index < -0.39 is 10.0 Å². The lowest BCUT2D eigenvalue weighted by Crippen LogP contribution is -2.46. The predicted molar refractivity (Wildman–Crippen MR) is 59.7 cm³/mol. The van der Waals surface area contributed by atoms with Crippen LogP contribution in [0.5, 0.6) is 0 Å². The van der Waals surface area contributed by atoms with Crippen molar-refractivity contribution in [2.24, 2.45) is 0 Å². The maximum atomic E-state index is 11.5. The smallest absolute Gasteiger partial charge is 0.212 e. The number of sulfonamides is 1. The van der Waals surface area contributed by atoms with E-state index in [-0.39, 0.29) is 10.8 Å². The zero-order valence-electron chi connectivity index (χ0n) is 8.59. The van der Waals surface area contributed by atoms with Crippen molar-refractivity contribution >= 4 is 26.0 Å². The molecular weight excluding hydrogens is 254 g/mol. The van der Waals surface area contributed by atoms with Crippen LogP contribution in [0.4, 0.5) is 0 Å². The zero-order valence-corrected chi connectivity index (χ0v) is 11.0. The largest absolute Gasteiger partial charge is 0.214 e. The Labute approximate surface area is 89.5 Å². The van der Waals surface area contributed by atoms with Gasteiger partial charge >= 0.3 is 0 Å². The summed E-state index contributed by atoms with van der Waals surface area (Å²) in [6.07, 6.45) is 0.777. The van der Waals surface area contributed by atoms with Gasteiger partial charge in [0, 0.05) is 10.9 Å². The zero-order chi connectivity index (χ0) is 10.7. The normalized spacial score (nSPS) is 13.7. The summed E-state index contributed by atoms with van der Waals surface area (Å²) in [5, 5.41) is 0.419. The molecule has 0 saturated carbocycles. The first-order valence-corrected chi connectivity index (χ1v) is 6.97. The van der Waals surface area contributed by atoms with Crippen molar-refractivity contribution in [3.8, 4) is 0 Å². The van der Waals surface area contributed by atoms with Gasteiger partial charge in [0.1, 0.15) is 0 Å². The van der Waals surface area contributed by atoms with Gasteiger partial charge in [-0.05, 0) is 34.1 Å². The molecule has 80 valence electrons. The molecule has 0 aliphatic carbocycles. The van der Waals surface area contributed by atoms with Gasteiger partial charge in [-0.15, -0.1) is 0 Å². The molecule has 13 heavy (non-hydrogen) atoms. The highest BCUT2D eigenvalue weighted by molar-refractivity contribution is 9.09. The SMILES string of the molecule is CC(C)S(=O)(=O)NC(C)(C)CCBr. The molecule has 0 aromatic rings. The Kier molecular flexibility index (Phi) is 4.90. The summed E-state index contributed by atoms with van der Waals surface area (Å²) in [5.74, 6) is 0. The van der Waals surface area contributed by atoms with Crippen LogP contribution in [-0.2, 0) is 10.0 Å². The van der Waals surface area contributed by atoms with Crippen LogP contribution in [-0.4, -0.2) is 24.5 Å². The van der Waals surface area contributed by atoms with Crippen LogP contribution >= 0.6 is 15.9 Å². The van der Waals surface area contributed by atoms with E-state index in [4.69, 9.17) is 0 Å². The fourth-order valence-electron chi connectivity index (χ4n) is 0.790. The summed E-state index contributed by atoms with van der Waals surface area (Å²) in [4.78, 5) is 0. The van der Waals surface area contributed by atoms with Crippen molar-refractivity contribution in [3.63, 3.8) is 0 Å². The van der Waals surface area contributed by atoms with Gasteiger partial charge < -0.3 is 0 Å². The number of alkyl halides is 1. The van der Waals surface area contributed by atoms with Gasteiger partial charge in [-0.25, -0.2) is 13.1 Å². The lowest BCUT2D eigenvalue weighted by Gasteiger charge is -2.26. The molecule has 0 aliphatic rings. The lowest BCUT2D eigenvalue weighted by molar-refractivity contribution is 0.441. The molecule has 0 radical (unpaired) electrons. The van der Waals surface area contributed by atoms with Crippen molar-refractivity contribution in [2.75, 3.05) is 5.33 Å². The third kappa shape index (κ3) is 4.98. The van der Waals surface area contributed by atoms with Crippen LogP contribution in [0.2, 0.25) is 0 Å². The minimum absolute atomic E-state index is 0.368. The van der Waals surface area contributed by atoms with Crippen molar-refractivity contribution in [2.45, 2.75) is 44.9 Å². The molecule has 1 N–H and O–H groups in total. The van der Waals surface area contributed by atoms with Crippen LogP contribution in [0.1, 0.15) is 34.1 Å². The van der Waals surface area contributed by atoms with E-state index in [1.54, 1.807) is 13.8 Å². The van der Waals surface area contributed by atoms with E-state index in [2.05, 4.69) is 20.7 Å². The molecule has 0 spiro atoms. The third-order valence-electron chi connectivity index (χ3n) is 1.76. The molecule has 0 unspecified atom stereocenters. The second-order valence-corrected chi connectivity index (χ2v) is 7.05. The van der Waals surface area contributed by atoms with Gasteiger partial charge in [0.2, 0.25) is 10.0 Å². The summed E-state index contributed by atoms with van der Waals surface area (Å²) >= 11 is 3.29. The van der Waals surface area contributed by atoms with E-state index in [9.17, 15) is 8.42 Å². The van der Waals surface area contributed by atoms with Gasteiger partial charge in [-0.3, -0.25) is 0 Å².